The molecule has 1 aliphatic heterocycles. The number of nitrogens with one attached hydrogen (secondary N) is 2. The van der Waals surface area contributed by atoms with E-state index in [2.05, 4.69) is 10.0 Å². The van der Waals surface area contributed by atoms with Crippen LogP contribution in [0.4, 0.5) is 0 Å². The molecule has 1 aromatic heterocycles. The first-order chi connectivity index (χ1) is 8.49. The smallest absolute Gasteiger partial charge is 0.241 e. The van der Waals surface area contributed by atoms with Crippen LogP contribution in [-0.4, -0.2) is 28.1 Å². The van der Waals surface area contributed by atoms with Gasteiger partial charge in [-0.25, -0.2) is 13.1 Å². The Hall–Kier alpha value is -0.140. The van der Waals surface area contributed by atoms with E-state index in [4.69, 9.17) is 0 Å². The number of halogens is 1. The van der Waals surface area contributed by atoms with E-state index in [1.807, 2.05) is 13.8 Å². The van der Waals surface area contributed by atoms with Gasteiger partial charge in [0.25, 0.3) is 0 Å². The van der Waals surface area contributed by atoms with Crippen molar-refractivity contribution >= 4 is 33.8 Å². The van der Waals surface area contributed by atoms with Crippen LogP contribution in [0.2, 0.25) is 0 Å². The van der Waals surface area contributed by atoms with Gasteiger partial charge in [-0.1, -0.05) is 0 Å². The van der Waals surface area contributed by atoms with Crippen LogP contribution in [0.1, 0.15) is 22.6 Å². The average Bonchev–Trinajstić information content (AvgIpc) is 2.68. The molecule has 0 saturated carbocycles. The van der Waals surface area contributed by atoms with Gasteiger partial charge in [-0.05, 0) is 51.8 Å². The van der Waals surface area contributed by atoms with Crippen molar-refractivity contribution in [3.63, 3.8) is 0 Å². The summed E-state index contributed by atoms with van der Waals surface area (Å²) in [4.78, 5) is 2.34. The number of hydrogen-bond acceptors (Lipinski definition) is 4. The fourth-order valence-electron chi connectivity index (χ4n) is 2.28. The summed E-state index contributed by atoms with van der Waals surface area (Å²) in [5.41, 5.74) is 0. The Morgan fingerprint density at radius 2 is 2.21 bits per heavy atom. The molecule has 0 spiro atoms. The van der Waals surface area contributed by atoms with Gasteiger partial charge in [-0.15, -0.1) is 23.7 Å². The molecule has 1 saturated heterocycles. The van der Waals surface area contributed by atoms with Crippen molar-refractivity contribution in [2.24, 2.45) is 5.92 Å². The van der Waals surface area contributed by atoms with Crippen molar-refractivity contribution in [2.45, 2.75) is 31.6 Å². The predicted octanol–water partition coefficient (Wildman–Crippen LogP) is 2.06. The summed E-state index contributed by atoms with van der Waals surface area (Å²) in [6, 6.07) is 1.75. The first-order valence-corrected chi connectivity index (χ1v) is 8.56. The fraction of sp³-hybridized carbons (Fsp3) is 0.667. The average molecular weight is 325 g/mol. The maximum Gasteiger partial charge on any atom is 0.241 e. The second kappa shape index (κ2) is 7.04. The lowest BCUT2D eigenvalue weighted by Crippen LogP contribution is -2.38. The number of rotatable bonds is 4. The van der Waals surface area contributed by atoms with Crippen molar-refractivity contribution in [3.8, 4) is 0 Å². The fourth-order valence-corrected chi connectivity index (χ4v) is 4.95. The largest absolute Gasteiger partial charge is 0.316 e. The Bertz CT molecular complexity index is 508. The quantitative estimate of drug-likeness (QED) is 0.891. The highest BCUT2D eigenvalue weighted by molar-refractivity contribution is 7.89. The Balaban J connectivity index is 0.00000180. The highest BCUT2D eigenvalue weighted by atomic mass is 35.5. The Kier molecular flexibility index (Phi) is 6.26. The van der Waals surface area contributed by atoms with E-state index in [0.29, 0.717) is 17.4 Å². The van der Waals surface area contributed by atoms with Crippen LogP contribution in [0, 0.1) is 19.8 Å². The van der Waals surface area contributed by atoms with Gasteiger partial charge in [-0.3, -0.25) is 0 Å². The SMILES string of the molecule is Cc1cc(S(=O)(=O)NCC2CCCNC2)c(C)s1.Cl. The minimum Gasteiger partial charge on any atom is -0.316 e. The van der Waals surface area contributed by atoms with E-state index in [1.54, 1.807) is 6.07 Å². The van der Waals surface area contributed by atoms with E-state index in [0.717, 1.165) is 35.7 Å². The number of piperidine rings is 1. The summed E-state index contributed by atoms with van der Waals surface area (Å²) >= 11 is 1.53. The Morgan fingerprint density at radius 3 is 2.74 bits per heavy atom. The van der Waals surface area contributed by atoms with Crippen LogP contribution in [0.15, 0.2) is 11.0 Å². The minimum atomic E-state index is -3.34. The molecule has 1 fully saturated rings. The van der Waals surface area contributed by atoms with Crippen molar-refractivity contribution in [3.05, 3.63) is 15.8 Å². The molecule has 2 heterocycles. The first-order valence-electron chi connectivity index (χ1n) is 6.26. The van der Waals surface area contributed by atoms with Crippen LogP contribution in [-0.2, 0) is 10.0 Å². The van der Waals surface area contributed by atoms with E-state index in [-0.39, 0.29) is 12.4 Å². The molecule has 1 unspecified atom stereocenters. The third kappa shape index (κ3) is 4.43. The molecular weight excluding hydrogens is 304 g/mol. The van der Waals surface area contributed by atoms with Gasteiger partial charge in [0.05, 0.1) is 4.90 Å². The zero-order valence-corrected chi connectivity index (χ0v) is 13.7. The van der Waals surface area contributed by atoms with E-state index < -0.39 is 10.0 Å². The number of hydrogen-bond donors (Lipinski definition) is 2. The Morgan fingerprint density at radius 1 is 1.47 bits per heavy atom. The summed E-state index contributed by atoms with van der Waals surface area (Å²) in [5, 5.41) is 3.29. The summed E-state index contributed by atoms with van der Waals surface area (Å²) in [5.74, 6) is 0.411. The maximum atomic E-state index is 12.2. The lowest BCUT2D eigenvalue weighted by molar-refractivity contribution is 0.376. The van der Waals surface area contributed by atoms with E-state index in [9.17, 15) is 8.42 Å². The number of thiophene rings is 1. The first kappa shape index (κ1) is 16.9. The molecule has 0 aliphatic carbocycles. The highest BCUT2D eigenvalue weighted by Crippen LogP contribution is 2.24. The third-order valence-electron chi connectivity index (χ3n) is 3.25. The summed E-state index contributed by atoms with van der Waals surface area (Å²) in [7, 11) is -3.34. The molecule has 4 nitrogen and oxygen atoms in total. The van der Waals surface area contributed by atoms with E-state index in [1.165, 1.54) is 11.3 Å². The van der Waals surface area contributed by atoms with Crippen LogP contribution in [0.3, 0.4) is 0 Å². The lowest BCUT2D eigenvalue weighted by atomic mass is 10.0. The molecule has 19 heavy (non-hydrogen) atoms. The molecule has 0 aromatic carbocycles. The second-order valence-corrected chi connectivity index (χ2v) is 8.04. The van der Waals surface area contributed by atoms with Gasteiger partial charge >= 0.3 is 0 Å². The second-order valence-electron chi connectivity index (χ2n) is 4.84. The zero-order valence-electron chi connectivity index (χ0n) is 11.2. The van der Waals surface area contributed by atoms with Gasteiger partial charge in [0, 0.05) is 16.3 Å². The molecule has 7 heteroatoms. The van der Waals surface area contributed by atoms with Gasteiger partial charge in [0.15, 0.2) is 0 Å². The highest BCUT2D eigenvalue weighted by Gasteiger charge is 2.21. The summed E-state index contributed by atoms with van der Waals surface area (Å²) in [6.45, 7) is 6.27. The molecular formula is C12H21ClN2O2S2. The summed E-state index contributed by atoms with van der Waals surface area (Å²) < 4.78 is 27.1. The van der Waals surface area contributed by atoms with E-state index >= 15 is 0 Å². The molecule has 0 radical (unpaired) electrons. The summed E-state index contributed by atoms with van der Waals surface area (Å²) in [6.07, 6.45) is 2.22. The van der Waals surface area contributed by atoms with Gasteiger partial charge in [0.1, 0.15) is 0 Å². The molecule has 0 bridgehead atoms. The predicted molar refractivity (Wildman–Crippen MR) is 81.8 cm³/mol. The standard InChI is InChI=1S/C12H20N2O2S2.ClH/c1-9-6-12(10(2)17-9)18(15,16)14-8-11-4-3-5-13-7-11;/h6,11,13-14H,3-5,7-8H2,1-2H3;1H. The lowest BCUT2D eigenvalue weighted by Gasteiger charge is -2.22. The number of aryl methyl sites for hydroxylation is 2. The van der Waals surface area contributed by atoms with Crippen LogP contribution < -0.4 is 10.0 Å². The normalized spacial score (nSPS) is 20.0. The molecule has 2 rings (SSSR count). The van der Waals surface area contributed by atoms with Crippen molar-refractivity contribution in [1.29, 1.82) is 0 Å². The van der Waals surface area contributed by atoms with Gasteiger partial charge < -0.3 is 5.32 Å². The third-order valence-corrected chi connectivity index (χ3v) is 5.89. The van der Waals surface area contributed by atoms with Crippen molar-refractivity contribution in [1.82, 2.24) is 10.0 Å². The topological polar surface area (TPSA) is 58.2 Å². The van der Waals surface area contributed by atoms with Gasteiger partial charge in [-0.2, -0.15) is 0 Å². The van der Waals surface area contributed by atoms with Crippen LogP contribution in [0.5, 0.6) is 0 Å². The van der Waals surface area contributed by atoms with Crippen molar-refractivity contribution < 1.29 is 8.42 Å². The van der Waals surface area contributed by atoms with Gasteiger partial charge in [0.2, 0.25) is 10.0 Å². The molecule has 110 valence electrons. The molecule has 0 amide bonds. The minimum absolute atomic E-state index is 0. The van der Waals surface area contributed by atoms with Crippen LogP contribution in [0.25, 0.3) is 0 Å². The Labute approximate surface area is 125 Å². The zero-order chi connectivity index (χ0) is 13.2. The van der Waals surface area contributed by atoms with Crippen LogP contribution >= 0.6 is 23.7 Å². The molecule has 1 atom stereocenters. The monoisotopic (exact) mass is 324 g/mol. The van der Waals surface area contributed by atoms with Crippen molar-refractivity contribution in [2.75, 3.05) is 19.6 Å². The number of sulfonamides is 1. The molecule has 1 aliphatic rings. The molecule has 1 aromatic rings. The maximum absolute atomic E-state index is 12.2. The molecule has 2 N–H and O–H groups in total.